The highest BCUT2D eigenvalue weighted by Gasteiger charge is 2.12. The van der Waals surface area contributed by atoms with Crippen molar-refractivity contribution in [3.05, 3.63) is 54.1 Å². The molecule has 88 valence electrons. The molecule has 1 aromatic carbocycles. The molecular formula is C12H7Br2ClOS. The largest absolute Gasteiger partial charge is 0.294 e. The topological polar surface area (TPSA) is 17.1 Å². The van der Waals surface area contributed by atoms with Crippen molar-refractivity contribution in [1.82, 2.24) is 0 Å². The van der Waals surface area contributed by atoms with E-state index in [1.54, 1.807) is 23.5 Å². The summed E-state index contributed by atoms with van der Waals surface area (Å²) >= 11 is 14.3. The third-order valence-corrected chi connectivity index (χ3v) is 4.62. The van der Waals surface area contributed by atoms with E-state index in [2.05, 4.69) is 31.9 Å². The van der Waals surface area contributed by atoms with Crippen molar-refractivity contribution in [2.75, 3.05) is 0 Å². The van der Waals surface area contributed by atoms with Crippen LogP contribution in [0.15, 0.2) is 38.6 Å². The summed E-state index contributed by atoms with van der Waals surface area (Å²) < 4.78 is 1.90. The Labute approximate surface area is 125 Å². The smallest absolute Gasteiger partial charge is 0.169 e. The van der Waals surface area contributed by atoms with Crippen LogP contribution in [0.25, 0.3) is 0 Å². The molecule has 0 saturated carbocycles. The first kappa shape index (κ1) is 13.3. The molecule has 0 fully saturated rings. The van der Waals surface area contributed by atoms with Gasteiger partial charge in [-0.25, -0.2) is 0 Å². The van der Waals surface area contributed by atoms with Gasteiger partial charge in [0.05, 0.1) is 8.81 Å². The monoisotopic (exact) mass is 392 g/mol. The number of carbonyl (C=O) groups is 1. The van der Waals surface area contributed by atoms with Gasteiger partial charge in [0.1, 0.15) is 0 Å². The number of carbonyl (C=O) groups excluding carboxylic acids is 1. The maximum atomic E-state index is 12.0. The van der Waals surface area contributed by atoms with Crippen molar-refractivity contribution >= 4 is 60.6 Å². The van der Waals surface area contributed by atoms with Crippen LogP contribution in [0.5, 0.6) is 0 Å². The maximum Gasteiger partial charge on any atom is 0.169 e. The van der Waals surface area contributed by atoms with Crippen molar-refractivity contribution in [2.45, 2.75) is 6.42 Å². The summed E-state index contributed by atoms with van der Waals surface area (Å²) in [5.41, 5.74) is 0.569. The molecule has 0 saturated heterocycles. The van der Waals surface area contributed by atoms with E-state index in [9.17, 15) is 4.79 Å². The van der Waals surface area contributed by atoms with Crippen LogP contribution >= 0.6 is 54.8 Å². The van der Waals surface area contributed by atoms with Gasteiger partial charge in [-0.2, -0.15) is 0 Å². The van der Waals surface area contributed by atoms with Crippen LogP contribution in [0.4, 0.5) is 0 Å². The molecule has 0 spiro atoms. The number of hydrogen-bond acceptors (Lipinski definition) is 2. The van der Waals surface area contributed by atoms with Gasteiger partial charge in [-0.1, -0.05) is 27.5 Å². The molecule has 1 nitrogen and oxygen atoms in total. The second-order valence-corrected chi connectivity index (χ2v) is 7.30. The summed E-state index contributed by atoms with van der Waals surface area (Å²) in [7, 11) is 0. The van der Waals surface area contributed by atoms with Crippen LogP contribution in [-0.4, -0.2) is 5.78 Å². The Morgan fingerprint density at radius 3 is 2.59 bits per heavy atom. The van der Waals surface area contributed by atoms with E-state index in [0.29, 0.717) is 17.0 Å². The Kier molecular flexibility index (Phi) is 4.42. The SMILES string of the molecule is O=C(Cc1ccc(Br)s1)c1ccc(Br)cc1Cl. The lowest BCUT2D eigenvalue weighted by atomic mass is 10.1. The molecule has 0 unspecified atom stereocenters. The molecule has 0 radical (unpaired) electrons. The van der Waals surface area contributed by atoms with Gasteiger partial charge in [-0.15, -0.1) is 11.3 Å². The molecule has 0 aliphatic carbocycles. The fraction of sp³-hybridized carbons (Fsp3) is 0.0833. The summed E-state index contributed by atoms with van der Waals surface area (Å²) in [6.07, 6.45) is 0.387. The van der Waals surface area contributed by atoms with E-state index >= 15 is 0 Å². The van der Waals surface area contributed by atoms with E-state index in [-0.39, 0.29) is 5.78 Å². The van der Waals surface area contributed by atoms with Crippen molar-refractivity contribution < 1.29 is 4.79 Å². The average Bonchev–Trinajstić information content (AvgIpc) is 2.63. The van der Waals surface area contributed by atoms with E-state index in [1.807, 2.05) is 18.2 Å². The molecule has 0 amide bonds. The van der Waals surface area contributed by atoms with Crippen LogP contribution in [0.1, 0.15) is 15.2 Å². The fourth-order valence-corrected chi connectivity index (χ4v) is 3.68. The van der Waals surface area contributed by atoms with E-state index in [1.165, 1.54) is 0 Å². The van der Waals surface area contributed by atoms with Crippen LogP contribution in [0.2, 0.25) is 5.02 Å². The second kappa shape index (κ2) is 5.65. The third-order valence-electron chi connectivity index (χ3n) is 2.20. The summed E-state index contributed by atoms with van der Waals surface area (Å²) in [6, 6.07) is 9.19. The van der Waals surface area contributed by atoms with Crippen molar-refractivity contribution in [2.24, 2.45) is 0 Å². The minimum absolute atomic E-state index is 0.0388. The van der Waals surface area contributed by atoms with Gasteiger partial charge in [0.25, 0.3) is 0 Å². The van der Waals surface area contributed by atoms with Crippen LogP contribution in [-0.2, 0) is 6.42 Å². The highest BCUT2D eigenvalue weighted by Crippen LogP contribution is 2.26. The Balaban J connectivity index is 2.20. The molecule has 0 N–H and O–H groups in total. The predicted molar refractivity (Wildman–Crippen MR) is 79.2 cm³/mol. The third kappa shape index (κ3) is 3.41. The molecule has 5 heteroatoms. The minimum atomic E-state index is 0.0388. The Bertz CT molecular complexity index is 565. The standard InChI is InChI=1S/C12H7Br2ClOS/c13-7-1-3-9(10(15)5-7)11(16)6-8-2-4-12(14)17-8/h1-5H,6H2. The van der Waals surface area contributed by atoms with Crippen LogP contribution in [0, 0.1) is 0 Å². The molecule has 2 aromatic rings. The molecule has 1 heterocycles. The van der Waals surface area contributed by atoms with Gasteiger partial charge in [0.15, 0.2) is 5.78 Å². The normalized spacial score (nSPS) is 10.5. The van der Waals surface area contributed by atoms with Crippen molar-refractivity contribution in [3.63, 3.8) is 0 Å². The predicted octanol–water partition coefficient (Wildman–Crippen LogP) is 5.35. The van der Waals surface area contributed by atoms with Crippen LogP contribution in [0.3, 0.4) is 0 Å². The Morgan fingerprint density at radius 1 is 1.24 bits per heavy atom. The fourth-order valence-electron chi connectivity index (χ4n) is 1.42. The maximum absolute atomic E-state index is 12.0. The Hall–Kier alpha value is -0.160. The second-order valence-electron chi connectivity index (χ2n) is 3.43. The Morgan fingerprint density at radius 2 is 2.00 bits per heavy atom. The first-order valence-electron chi connectivity index (χ1n) is 4.79. The number of rotatable bonds is 3. The van der Waals surface area contributed by atoms with Gasteiger partial charge in [-0.05, 0) is 46.3 Å². The number of halogens is 3. The van der Waals surface area contributed by atoms with Crippen molar-refractivity contribution in [3.8, 4) is 0 Å². The van der Waals surface area contributed by atoms with E-state index in [4.69, 9.17) is 11.6 Å². The lowest BCUT2D eigenvalue weighted by Crippen LogP contribution is -2.02. The van der Waals surface area contributed by atoms with Gasteiger partial charge in [0, 0.05) is 21.3 Å². The summed E-state index contributed by atoms with van der Waals surface area (Å²) in [5, 5.41) is 0.486. The zero-order valence-corrected chi connectivity index (χ0v) is 13.3. The first-order valence-corrected chi connectivity index (χ1v) is 7.57. The number of thiophene rings is 1. The molecule has 2 rings (SSSR count). The zero-order valence-electron chi connectivity index (χ0n) is 8.54. The number of ketones is 1. The molecule has 17 heavy (non-hydrogen) atoms. The zero-order chi connectivity index (χ0) is 12.4. The molecule has 1 aromatic heterocycles. The van der Waals surface area contributed by atoms with E-state index < -0.39 is 0 Å². The number of benzene rings is 1. The molecule has 0 bridgehead atoms. The first-order chi connectivity index (χ1) is 8.06. The molecule has 0 aliphatic rings. The van der Waals surface area contributed by atoms with E-state index in [0.717, 1.165) is 13.1 Å². The number of hydrogen-bond donors (Lipinski definition) is 0. The summed E-state index contributed by atoms with van der Waals surface area (Å²) in [4.78, 5) is 13.1. The van der Waals surface area contributed by atoms with Gasteiger partial charge in [-0.3, -0.25) is 4.79 Å². The van der Waals surface area contributed by atoms with Gasteiger partial charge >= 0.3 is 0 Å². The lowest BCUT2D eigenvalue weighted by Gasteiger charge is -2.02. The average molecular weight is 395 g/mol. The van der Waals surface area contributed by atoms with Gasteiger partial charge < -0.3 is 0 Å². The number of Topliss-reactive ketones (excluding diaryl/α,β-unsaturated/α-hetero) is 1. The van der Waals surface area contributed by atoms with Gasteiger partial charge in [0.2, 0.25) is 0 Å². The minimum Gasteiger partial charge on any atom is -0.294 e. The quantitative estimate of drug-likeness (QED) is 0.641. The molecule has 0 atom stereocenters. The molecular weight excluding hydrogens is 387 g/mol. The van der Waals surface area contributed by atoms with Crippen molar-refractivity contribution in [1.29, 1.82) is 0 Å². The summed E-state index contributed by atoms with van der Waals surface area (Å²) in [6.45, 7) is 0. The summed E-state index contributed by atoms with van der Waals surface area (Å²) in [5.74, 6) is 0.0388. The lowest BCUT2D eigenvalue weighted by molar-refractivity contribution is 0.0994. The highest BCUT2D eigenvalue weighted by atomic mass is 79.9. The van der Waals surface area contributed by atoms with Crippen LogP contribution < -0.4 is 0 Å². The highest BCUT2D eigenvalue weighted by molar-refractivity contribution is 9.11. The molecule has 0 aliphatic heterocycles.